The molecule has 2 aromatic rings. The van der Waals surface area contributed by atoms with Gasteiger partial charge in [-0.15, -0.1) is 22.9 Å². The lowest BCUT2D eigenvalue weighted by Gasteiger charge is -2.40. The van der Waals surface area contributed by atoms with Gasteiger partial charge in [0.25, 0.3) is 0 Å². The highest BCUT2D eigenvalue weighted by Gasteiger charge is 2.33. The Kier molecular flexibility index (Phi) is 3.44. The zero-order valence-electron chi connectivity index (χ0n) is 12.1. The molecule has 0 unspecified atom stereocenters. The van der Waals surface area contributed by atoms with Crippen LogP contribution in [0, 0.1) is 0 Å². The lowest BCUT2D eigenvalue weighted by Crippen LogP contribution is -2.38. The van der Waals surface area contributed by atoms with Gasteiger partial charge in [0, 0.05) is 35.3 Å². The van der Waals surface area contributed by atoms with Crippen LogP contribution in [0.5, 0.6) is 5.75 Å². The Labute approximate surface area is 134 Å². The monoisotopic (exact) mass is 319 g/mol. The molecule has 110 valence electrons. The quantitative estimate of drug-likeness (QED) is 0.771. The van der Waals surface area contributed by atoms with Crippen LogP contribution in [0.15, 0.2) is 24.3 Å². The molecule has 0 N–H and O–H groups in total. The van der Waals surface area contributed by atoms with Crippen LogP contribution in [0.1, 0.15) is 32.5 Å². The average molecular weight is 320 g/mol. The fourth-order valence-corrected chi connectivity index (χ4v) is 4.90. The smallest absolute Gasteiger partial charge is 0.119 e. The van der Waals surface area contributed by atoms with Crippen molar-refractivity contribution in [1.82, 2.24) is 4.90 Å². The highest BCUT2D eigenvalue weighted by Crippen LogP contribution is 2.41. The third-order valence-electron chi connectivity index (χ3n) is 4.65. The zero-order chi connectivity index (χ0) is 14.4. The third kappa shape index (κ3) is 2.28. The Morgan fingerprint density at radius 3 is 3.05 bits per heavy atom. The molecule has 0 spiro atoms. The van der Waals surface area contributed by atoms with Crippen molar-refractivity contribution in [3.05, 3.63) is 50.7 Å². The SMILES string of the molecule is COc1ccc2c(c1)CCN1Cc3cc(CCl)sc3C[C@@H]21. The normalized spacial score (nSPS) is 20.6. The van der Waals surface area contributed by atoms with Crippen molar-refractivity contribution in [2.45, 2.75) is 31.3 Å². The van der Waals surface area contributed by atoms with E-state index in [0.717, 1.165) is 31.7 Å². The van der Waals surface area contributed by atoms with E-state index in [-0.39, 0.29) is 0 Å². The van der Waals surface area contributed by atoms with Crippen molar-refractivity contribution in [3.8, 4) is 5.75 Å². The molecule has 1 atom stereocenters. The van der Waals surface area contributed by atoms with Gasteiger partial charge in [-0.05, 0) is 41.3 Å². The standard InChI is InChI=1S/C17H18ClNOS/c1-20-13-2-3-15-11(6-13)4-5-19-10-12-7-14(9-18)21-17(12)8-16(15)19/h2-3,6-7,16H,4-5,8-10H2,1H3/t16-/m0/s1. The highest BCUT2D eigenvalue weighted by molar-refractivity contribution is 7.12. The molecule has 4 rings (SSSR count). The van der Waals surface area contributed by atoms with E-state index in [0.29, 0.717) is 11.9 Å². The van der Waals surface area contributed by atoms with Crippen LogP contribution in [0.25, 0.3) is 0 Å². The van der Waals surface area contributed by atoms with Gasteiger partial charge >= 0.3 is 0 Å². The van der Waals surface area contributed by atoms with Crippen molar-refractivity contribution in [1.29, 1.82) is 0 Å². The number of hydrogen-bond acceptors (Lipinski definition) is 3. The minimum absolute atomic E-state index is 0.522. The minimum Gasteiger partial charge on any atom is -0.497 e. The predicted octanol–water partition coefficient (Wildman–Crippen LogP) is 4.15. The summed E-state index contributed by atoms with van der Waals surface area (Å²) in [6, 6.07) is 9.38. The van der Waals surface area contributed by atoms with Crippen LogP contribution >= 0.6 is 22.9 Å². The van der Waals surface area contributed by atoms with E-state index in [1.807, 2.05) is 11.3 Å². The predicted molar refractivity (Wildman–Crippen MR) is 87.4 cm³/mol. The molecule has 2 aliphatic heterocycles. The van der Waals surface area contributed by atoms with Crippen LogP contribution in [0.3, 0.4) is 0 Å². The molecule has 3 heterocycles. The van der Waals surface area contributed by atoms with Gasteiger partial charge in [0.15, 0.2) is 0 Å². The lowest BCUT2D eigenvalue weighted by atomic mass is 9.87. The van der Waals surface area contributed by atoms with Crippen molar-refractivity contribution in [2.24, 2.45) is 0 Å². The molecule has 0 bridgehead atoms. The molecule has 1 aromatic heterocycles. The van der Waals surface area contributed by atoms with Gasteiger partial charge < -0.3 is 4.74 Å². The van der Waals surface area contributed by atoms with E-state index in [1.54, 1.807) is 7.11 Å². The van der Waals surface area contributed by atoms with E-state index in [4.69, 9.17) is 16.3 Å². The molecule has 2 aliphatic rings. The van der Waals surface area contributed by atoms with Crippen molar-refractivity contribution >= 4 is 22.9 Å². The Bertz CT molecular complexity index is 681. The van der Waals surface area contributed by atoms with Gasteiger partial charge in [-0.25, -0.2) is 0 Å². The number of thiophene rings is 1. The summed E-state index contributed by atoms with van der Waals surface area (Å²) in [5.74, 6) is 1.61. The van der Waals surface area contributed by atoms with E-state index < -0.39 is 0 Å². The van der Waals surface area contributed by atoms with Crippen molar-refractivity contribution in [3.63, 3.8) is 0 Å². The lowest BCUT2D eigenvalue weighted by molar-refractivity contribution is 0.162. The van der Waals surface area contributed by atoms with Crippen LogP contribution in [0.2, 0.25) is 0 Å². The topological polar surface area (TPSA) is 12.5 Å². The number of hydrogen-bond donors (Lipinski definition) is 0. The molecule has 0 aliphatic carbocycles. The molecule has 0 radical (unpaired) electrons. The Morgan fingerprint density at radius 2 is 2.24 bits per heavy atom. The molecule has 0 saturated heterocycles. The van der Waals surface area contributed by atoms with Crippen molar-refractivity contribution < 1.29 is 4.74 Å². The second-order valence-electron chi connectivity index (χ2n) is 5.80. The summed E-state index contributed by atoms with van der Waals surface area (Å²) in [6.07, 6.45) is 2.24. The first-order valence-corrected chi connectivity index (χ1v) is 8.71. The summed E-state index contributed by atoms with van der Waals surface area (Å²) >= 11 is 7.89. The van der Waals surface area contributed by atoms with E-state index >= 15 is 0 Å². The molecular weight excluding hydrogens is 302 g/mol. The Balaban J connectivity index is 1.71. The fraction of sp³-hybridized carbons (Fsp3) is 0.412. The van der Waals surface area contributed by atoms with Gasteiger partial charge in [-0.2, -0.15) is 0 Å². The molecule has 21 heavy (non-hydrogen) atoms. The molecule has 0 amide bonds. The van der Waals surface area contributed by atoms with Gasteiger partial charge in [-0.1, -0.05) is 6.07 Å². The van der Waals surface area contributed by atoms with Crippen molar-refractivity contribution in [2.75, 3.05) is 13.7 Å². The van der Waals surface area contributed by atoms with E-state index in [1.165, 1.54) is 26.4 Å². The number of rotatable bonds is 2. The van der Waals surface area contributed by atoms with E-state index in [2.05, 4.69) is 29.2 Å². The number of fused-ring (bicyclic) bond motifs is 4. The largest absolute Gasteiger partial charge is 0.497 e. The fourth-order valence-electron chi connectivity index (χ4n) is 3.59. The maximum absolute atomic E-state index is 6.00. The summed E-state index contributed by atoms with van der Waals surface area (Å²) in [7, 11) is 1.74. The molecule has 2 nitrogen and oxygen atoms in total. The highest BCUT2D eigenvalue weighted by atomic mass is 35.5. The summed E-state index contributed by atoms with van der Waals surface area (Å²) in [4.78, 5) is 5.44. The van der Waals surface area contributed by atoms with E-state index in [9.17, 15) is 0 Å². The second-order valence-corrected chi connectivity index (χ2v) is 7.29. The number of benzene rings is 1. The number of methoxy groups -OCH3 is 1. The maximum Gasteiger partial charge on any atom is 0.119 e. The number of alkyl halides is 1. The summed E-state index contributed by atoms with van der Waals surface area (Å²) in [5, 5.41) is 0. The Hall–Kier alpha value is -1.03. The summed E-state index contributed by atoms with van der Waals surface area (Å²) in [6.45, 7) is 2.20. The second kappa shape index (κ2) is 5.31. The first-order valence-electron chi connectivity index (χ1n) is 7.36. The number of nitrogens with zero attached hydrogens (tertiary/aromatic N) is 1. The van der Waals surface area contributed by atoms with Gasteiger partial charge in [-0.3, -0.25) is 4.90 Å². The first-order chi connectivity index (χ1) is 10.3. The van der Waals surface area contributed by atoms with Crippen LogP contribution in [-0.4, -0.2) is 18.6 Å². The first kappa shape index (κ1) is 13.6. The van der Waals surface area contributed by atoms with Crippen LogP contribution < -0.4 is 4.74 Å². The van der Waals surface area contributed by atoms with Gasteiger partial charge in [0.05, 0.1) is 13.0 Å². The molecule has 0 fully saturated rings. The molecule has 0 saturated carbocycles. The molecule has 4 heteroatoms. The average Bonchev–Trinajstić information content (AvgIpc) is 2.94. The van der Waals surface area contributed by atoms with Gasteiger partial charge in [0.1, 0.15) is 5.75 Å². The third-order valence-corrected chi connectivity index (χ3v) is 6.30. The van der Waals surface area contributed by atoms with Gasteiger partial charge in [0.2, 0.25) is 0 Å². The summed E-state index contributed by atoms with van der Waals surface area (Å²) in [5.41, 5.74) is 4.42. The molecular formula is C17H18ClNOS. The number of ether oxygens (including phenoxy) is 1. The van der Waals surface area contributed by atoms with Crippen LogP contribution in [0.4, 0.5) is 0 Å². The van der Waals surface area contributed by atoms with Crippen LogP contribution in [-0.2, 0) is 25.3 Å². The molecule has 1 aromatic carbocycles. The maximum atomic E-state index is 6.00. The summed E-state index contributed by atoms with van der Waals surface area (Å²) < 4.78 is 5.36. The number of halogens is 1. The Morgan fingerprint density at radius 1 is 1.33 bits per heavy atom. The zero-order valence-corrected chi connectivity index (χ0v) is 13.6. The minimum atomic E-state index is 0.522.